The van der Waals surface area contributed by atoms with E-state index >= 15 is 0 Å². The van der Waals surface area contributed by atoms with E-state index in [0.29, 0.717) is 6.54 Å². The second-order valence-electron chi connectivity index (χ2n) is 6.11. The lowest BCUT2D eigenvalue weighted by molar-refractivity contribution is 0.00367. The predicted octanol–water partition coefficient (Wildman–Crippen LogP) is 2.94. The molecule has 134 valence electrons. The summed E-state index contributed by atoms with van der Waals surface area (Å²) in [5.74, 6) is -1.46. The summed E-state index contributed by atoms with van der Waals surface area (Å²) in [5.41, 5.74) is 0. The molecule has 0 aliphatic carbocycles. The molecule has 5 nitrogen and oxygen atoms in total. The zero-order valence-corrected chi connectivity index (χ0v) is 14.1. The van der Waals surface area contributed by atoms with E-state index in [-0.39, 0.29) is 30.5 Å². The molecule has 2 unspecified atom stereocenters. The first-order valence-corrected chi connectivity index (χ1v) is 8.17. The molecule has 0 bridgehead atoms. The molecule has 0 radical (unpaired) electrons. The van der Waals surface area contributed by atoms with Crippen LogP contribution < -0.4 is 10.1 Å². The van der Waals surface area contributed by atoms with Crippen molar-refractivity contribution in [3.63, 3.8) is 0 Å². The number of nitrogens with zero attached hydrogens (tertiary/aromatic N) is 1. The van der Waals surface area contributed by atoms with Crippen molar-refractivity contribution in [2.75, 3.05) is 26.8 Å². The minimum Gasteiger partial charge on any atom is -0.488 e. The van der Waals surface area contributed by atoms with Crippen LogP contribution in [-0.4, -0.2) is 49.9 Å². The van der Waals surface area contributed by atoms with Gasteiger partial charge in [0.05, 0.1) is 12.1 Å². The summed E-state index contributed by atoms with van der Waals surface area (Å²) in [5, 5.41) is 2.78. The molecule has 1 aliphatic rings. The Bertz CT molecular complexity index is 551. The van der Waals surface area contributed by atoms with Crippen LogP contribution in [0.25, 0.3) is 0 Å². The number of ether oxygens (including phenoxy) is 2. The summed E-state index contributed by atoms with van der Waals surface area (Å²) in [6.07, 6.45) is 3.23. The Morgan fingerprint density at radius 2 is 2.25 bits per heavy atom. The molecule has 0 spiro atoms. The van der Waals surface area contributed by atoms with Gasteiger partial charge in [0.15, 0.2) is 11.6 Å². The number of hydrogen-bond donors (Lipinski definition) is 1. The Kier molecular flexibility index (Phi) is 6.78. The molecular weight excluding hydrogens is 318 g/mol. The van der Waals surface area contributed by atoms with E-state index in [4.69, 9.17) is 9.47 Å². The van der Waals surface area contributed by atoms with E-state index in [1.54, 1.807) is 18.9 Å². The van der Waals surface area contributed by atoms with E-state index in [1.807, 2.05) is 0 Å². The number of amides is 2. The van der Waals surface area contributed by atoms with E-state index in [9.17, 15) is 13.6 Å². The molecule has 1 heterocycles. The summed E-state index contributed by atoms with van der Waals surface area (Å²) in [6, 6.07) is 2.55. The lowest BCUT2D eigenvalue weighted by Gasteiger charge is -2.28. The standard InChI is InChI=1S/C17H24F2N2O3/c1-12(11-24-16-7-6-13(18)9-15(16)19)20-17(22)21(2)10-14-5-3-4-8-23-14/h6-7,9,12,14H,3-5,8,10-11H2,1-2H3,(H,20,22). The third-order valence-electron chi connectivity index (χ3n) is 3.85. The fourth-order valence-electron chi connectivity index (χ4n) is 2.51. The second kappa shape index (κ2) is 8.82. The molecule has 1 saturated heterocycles. The van der Waals surface area contributed by atoms with Gasteiger partial charge < -0.3 is 19.7 Å². The molecule has 2 rings (SSSR count). The van der Waals surface area contributed by atoms with Crippen LogP contribution in [0, 0.1) is 11.6 Å². The van der Waals surface area contributed by atoms with Crippen molar-refractivity contribution in [1.29, 1.82) is 0 Å². The second-order valence-corrected chi connectivity index (χ2v) is 6.11. The molecule has 0 aromatic heterocycles. The number of urea groups is 1. The van der Waals surface area contributed by atoms with Crippen LogP contribution in [-0.2, 0) is 4.74 Å². The number of carbonyl (C=O) groups is 1. The monoisotopic (exact) mass is 342 g/mol. The van der Waals surface area contributed by atoms with Gasteiger partial charge in [-0.05, 0) is 38.3 Å². The van der Waals surface area contributed by atoms with Crippen molar-refractivity contribution in [2.24, 2.45) is 0 Å². The lowest BCUT2D eigenvalue weighted by Crippen LogP contribution is -2.47. The molecule has 1 fully saturated rings. The average Bonchev–Trinajstić information content (AvgIpc) is 2.55. The minimum atomic E-state index is -0.764. The first kappa shape index (κ1) is 18.4. The van der Waals surface area contributed by atoms with Gasteiger partial charge in [-0.3, -0.25) is 0 Å². The summed E-state index contributed by atoms with van der Waals surface area (Å²) >= 11 is 0. The molecule has 1 aliphatic heterocycles. The zero-order chi connectivity index (χ0) is 17.5. The maximum atomic E-state index is 13.5. The van der Waals surface area contributed by atoms with Gasteiger partial charge in [-0.25, -0.2) is 13.6 Å². The highest BCUT2D eigenvalue weighted by molar-refractivity contribution is 5.74. The fourth-order valence-corrected chi connectivity index (χ4v) is 2.51. The third kappa shape index (κ3) is 5.63. The summed E-state index contributed by atoms with van der Waals surface area (Å²) in [4.78, 5) is 13.7. The highest BCUT2D eigenvalue weighted by atomic mass is 19.1. The molecule has 0 saturated carbocycles. The van der Waals surface area contributed by atoms with E-state index in [2.05, 4.69) is 5.32 Å². The van der Waals surface area contributed by atoms with Crippen LogP contribution in [0.1, 0.15) is 26.2 Å². The van der Waals surface area contributed by atoms with Crippen molar-refractivity contribution >= 4 is 6.03 Å². The average molecular weight is 342 g/mol. The maximum absolute atomic E-state index is 13.5. The van der Waals surface area contributed by atoms with Gasteiger partial charge in [0.25, 0.3) is 0 Å². The zero-order valence-electron chi connectivity index (χ0n) is 14.1. The number of likely N-dealkylation sites (N-methyl/N-ethyl adjacent to an activating group) is 1. The van der Waals surface area contributed by atoms with Gasteiger partial charge in [-0.1, -0.05) is 0 Å². The smallest absolute Gasteiger partial charge is 0.317 e. The highest BCUT2D eigenvalue weighted by Crippen LogP contribution is 2.17. The Hall–Kier alpha value is -1.89. The summed E-state index contributed by atoms with van der Waals surface area (Å²) in [7, 11) is 1.71. The maximum Gasteiger partial charge on any atom is 0.317 e. The normalized spacial score (nSPS) is 18.8. The van der Waals surface area contributed by atoms with E-state index in [1.165, 1.54) is 6.07 Å². The topological polar surface area (TPSA) is 50.8 Å². The van der Waals surface area contributed by atoms with Crippen molar-refractivity contribution in [3.05, 3.63) is 29.8 Å². The Morgan fingerprint density at radius 3 is 2.92 bits per heavy atom. The number of hydrogen-bond acceptors (Lipinski definition) is 3. The molecular formula is C17H24F2N2O3. The van der Waals surface area contributed by atoms with Crippen LogP contribution in [0.3, 0.4) is 0 Å². The Labute approximate surface area is 140 Å². The van der Waals surface area contributed by atoms with E-state index in [0.717, 1.165) is 38.0 Å². The van der Waals surface area contributed by atoms with Crippen molar-refractivity contribution in [1.82, 2.24) is 10.2 Å². The molecule has 1 aromatic carbocycles. The molecule has 2 atom stereocenters. The van der Waals surface area contributed by atoms with Crippen molar-refractivity contribution in [2.45, 2.75) is 38.3 Å². The van der Waals surface area contributed by atoms with Gasteiger partial charge in [-0.15, -0.1) is 0 Å². The number of halogens is 2. The molecule has 7 heteroatoms. The van der Waals surface area contributed by atoms with Crippen LogP contribution in [0.2, 0.25) is 0 Å². The van der Waals surface area contributed by atoms with Gasteiger partial charge in [0.1, 0.15) is 12.4 Å². The Balaban J connectivity index is 1.74. The minimum absolute atomic E-state index is 0.0403. The van der Waals surface area contributed by atoms with Gasteiger partial charge in [0, 0.05) is 26.3 Å². The van der Waals surface area contributed by atoms with Crippen LogP contribution >= 0.6 is 0 Å². The molecule has 24 heavy (non-hydrogen) atoms. The van der Waals surface area contributed by atoms with Gasteiger partial charge >= 0.3 is 6.03 Å². The van der Waals surface area contributed by atoms with Crippen molar-refractivity contribution < 1.29 is 23.0 Å². The van der Waals surface area contributed by atoms with Gasteiger partial charge in [-0.2, -0.15) is 0 Å². The van der Waals surface area contributed by atoms with Gasteiger partial charge in [0.2, 0.25) is 0 Å². The predicted molar refractivity (Wildman–Crippen MR) is 86.1 cm³/mol. The number of benzene rings is 1. The van der Waals surface area contributed by atoms with E-state index < -0.39 is 11.6 Å². The van der Waals surface area contributed by atoms with Crippen LogP contribution in [0.15, 0.2) is 18.2 Å². The molecule has 2 amide bonds. The SMILES string of the molecule is CC(COc1ccc(F)cc1F)NC(=O)N(C)CC1CCCCO1. The summed E-state index contributed by atoms with van der Waals surface area (Å²) < 4.78 is 37.2. The lowest BCUT2D eigenvalue weighted by atomic mass is 10.1. The highest BCUT2D eigenvalue weighted by Gasteiger charge is 2.20. The molecule has 1 aromatic rings. The number of carbonyl (C=O) groups excluding carboxylic acids is 1. The van der Waals surface area contributed by atoms with Crippen molar-refractivity contribution in [3.8, 4) is 5.75 Å². The Morgan fingerprint density at radius 1 is 1.46 bits per heavy atom. The van der Waals surface area contributed by atoms with Crippen LogP contribution in [0.5, 0.6) is 5.75 Å². The third-order valence-corrected chi connectivity index (χ3v) is 3.85. The number of rotatable bonds is 6. The first-order chi connectivity index (χ1) is 11.5. The fraction of sp³-hybridized carbons (Fsp3) is 0.588. The quantitative estimate of drug-likeness (QED) is 0.865. The summed E-state index contributed by atoms with van der Waals surface area (Å²) in [6.45, 7) is 3.12. The van der Waals surface area contributed by atoms with Crippen LogP contribution in [0.4, 0.5) is 13.6 Å². The molecule has 1 N–H and O–H groups in total. The first-order valence-electron chi connectivity index (χ1n) is 8.17. The largest absolute Gasteiger partial charge is 0.488 e. The number of nitrogens with one attached hydrogen (secondary N) is 1.